The highest BCUT2D eigenvalue weighted by Gasteiger charge is 2.18. The number of aromatic carboxylic acids is 1. The average Bonchev–Trinajstić information content (AvgIpc) is 2.83. The van der Waals surface area contributed by atoms with Crippen LogP contribution in [0, 0.1) is 0 Å². The van der Waals surface area contributed by atoms with Gasteiger partial charge in [0, 0.05) is 16.3 Å². The Morgan fingerprint density at radius 1 is 0.848 bits per heavy atom. The molecule has 3 aromatic rings. The van der Waals surface area contributed by atoms with E-state index in [1.54, 1.807) is 54.6 Å². The quantitative estimate of drug-likeness (QED) is 0.401. The van der Waals surface area contributed by atoms with Crippen LogP contribution in [0.25, 0.3) is 0 Å². The Morgan fingerprint density at radius 2 is 1.48 bits per heavy atom. The van der Waals surface area contributed by atoms with Crippen LogP contribution in [0.1, 0.15) is 20.7 Å². The number of nitrogens with one attached hydrogen (secondary N) is 2. The van der Waals surface area contributed by atoms with E-state index in [1.807, 2.05) is 0 Å². The Morgan fingerprint density at radius 3 is 2.09 bits per heavy atom. The maximum atomic E-state index is 12.7. The molecule has 0 saturated heterocycles. The van der Waals surface area contributed by atoms with E-state index >= 15 is 0 Å². The monoisotopic (exact) mass is 466 g/mol. The van der Waals surface area contributed by atoms with Gasteiger partial charge in [-0.25, -0.2) is 4.79 Å². The minimum atomic E-state index is -1.06. The summed E-state index contributed by atoms with van der Waals surface area (Å²) >= 11 is 1.31. The normalized spacial score (nSPS) is 10.2. The lowest BCUT2D eigenvalue weighted by Gasteiger charge is -2.13. The van der Waals surface area contributed by atoms with Crippen LogP contribution in [0.15, 0.2) is 71.6 Å². The molecule has 8 nitrogen and oxygen atoms in total. The van der Waals surface area contributed by atoms with Crippen LogP contribution in [0.5, 0.6) is 11.5 Å². The number of amides is 2. The third-order valence-corrected chi connectivity index (χ3v) is 5.54. The number of ether oxygens (including phenoxy) is 2. The molecule has 0 unspecified atom stereocenters. The van der Waals surface area contributed by atoms with Gasteiger partial charge in [0.05, 0.1) is 25.5 Å². The van der Waals surface area contributed by atoms with Gasteiger partial charge in [0.25, 0.3) is 5.91 Å². The van der Waals surface area contributed by atoms with Crippen molar-refractivity contribution in [2.75, 3.05) is 30.6 Å². The summed E-state index contributed by atoms with van der Waals surface area (Å²) in [5.74, 6) is -0.743. The Balaban J connectivity index is 1.58. The summed E-state index contributed by atoms with van der Waals surface area (Å²) in [5.41, 5.74) is 1.39. The van der Waals surface area contributed by atoms with Gasteiger partial charge >= 0.3 is 5.97 Å². The van der Waals surface area contributed by atoms with Crippen LogP contribution >= 0.6 is 11.8 Å². The molecule has 0 radical (unpaired) electrons. The smallest absolute Gasteiger partial charge is 0.335 e. The van der Waals surface area contributed by atoms with Gasteiger partial charge in [-0.3, -0.25) is 9.59 Å². The van der Waals surface area contributed by atoms with E-state index < -0.39 is 5.97 Å². The van der Waals surface area contributed by atoms with Crippen LogP contribution < -0.4 is 20.1 Å². The average molecular weight is 467 g/mol. The van der Waals surface area contributed by atoms with E-state index in [1.165, 1.54) is 38.1 Å². The highest BCUT2D eigenvalue weighted by Crippen LogP contribution is 2.29. The number of carbonyl (C=O) groups excluding carboxylic acids is 2. The van der Waals surface area contributed by atoms with Crippen LogP contribution in [-0.4, -0.2) is 42.9 Å². The van der Waals surface area contributed by atoms with E-state index in [0.29, 0.717) is 28.4 Å². The van der Waals surface area contributed by atoms with Crippen molar-refractivity contribution in [1.29, 1.82) is 0 Å². The summed E-state index contributed by atoms with van der Waals surface area (Å²) in [6.07, 6.45) is 0. The van der Waals surface area contributed by atoms with Gasteiger partial charge < -0.3 is 25.2 Å². The molecule has 2 amide bonds. The highest BCUT2D eigenvalue weighted by atomic mass is 32.2. The summed E-state index contributed by atoms with van der Waals surface area (Å²) in [5, 5.41) is 14.5. The van der Waals surface area contributed by atoms with Crippen LogP contribution in [-0.2, 0) is 4.79 Å². The van der Waals surface area contributed by atoms with E-state index in [9.17, 15) is 14.4 Å². The Labute approximate surface area is 194 Å². The molecule has 0 aliphatic carbocycles. The maximum Gasteiger partial charge on any atom is 0.335 e. The molecule has 0 aromatic heterocycles. The van der Waals surface area contributed by atoms with E-state index in [4.69, 9.17) is 14.6 Å². The summed E-state index contributed by atoms with van der Waals surface area (Å²) in [7, 11) is 2.97. The lowest BCUT2D eigenvalue weighted by molar-refractivity contribution is -0.113. The number of methoxy groups -OCH3 is 2. The van der Waals surface area contributed by atoms with Gasteiger partial charge in [0.2, 0.25) is 5.91 Å². The standard InChI is InChI=1S/C24H22N2O6S/c1-31-19-7-4-8-20(32-2)22(19)23(28)26-16-9-11-18(12-10-16)33-14-21(27)25-17-6-3-5-15(13-17)24(29)30/h3-13H,14H2,1-2H3,(H,25,27)(H,26,28)(H,29,30). The van der Waals surface area contributed by atoms with Crippen molar-refractivity contribution in [3.05, 3.63) is 77.9 Å². The maximum absolute atomic E-state index is 12.7. The minimum Gasteiger partial charge on any atom is -0.496 e. The highest BCUT2D eigenvalue weighted by molar-refractivity contribution is 8.00. The SMILES string of the molecule is COc1cccc(OC)c1C(=O)Nc1ccc(SCC(=O)Nc2cccc(C(=O)O)c2)cc1. The Hall–Kier alpha value is -3.98. The molecule has 3 N–H and O–H groups in total. The van der Waals surface area contributed by atoms with Crippen molar-refractivity contribution >= 4 is 40.9 Å². The number of thioether (sulfide) groups is 1. The predicted octanol–water partition coefficient (Wildman–Crippen LogP) is 4.39. The molecule has 0 fully saturated rings. The first-order chi connectivity index (χ1) is 15.9. The largest absolute Gasteiger partial charge is 0.496 e. The van der Waals surface area contributed by atoms with Gasteiger partial charge in [-0.2, -0.15) is 0 Å². The van der Waals surface area contributed by atoms with Crippen molar-refractivity contribution in [2.45, 2.75) is 4.90 Å². The third-order valence-electron chi connectivity index (χ3n) is 4.53. The fourth-order valence-electron chi connectivity index (χ4n) is 2.98. The molecular weight excluding hydrogens is 444 g/mol. The van der Waals surface area contributed by atoms with E-state index in [2.05, 4.69) is 10.6 Å². The van der Waals surface area contributed by atoms with Crippen molar-refractivity contribution in [1.82, 2.24) is 0 Å². The number of carboxylic acid groups (broad SMARTS) is 1. The molecule has 3 rings (SSSR count). The van der Waals surface area contributed by atoms with Gasteiger partial charge in [-0.05, 0) is 54.6 Å². The van der Waals surface area contributed by atoms with Gasteiger partial charge in [0.15, 0.2) is 0 Å². The van der Waals surface area contributed by atoms with Crippen LogP contribution in [0.3, 0.4) is 0 Å². The van der Waals surface area contributed by atoms with Crippen molar-refractivity contribution in [3.63, 3.8) is 0 Å². The molecule has 0 aliphatic rings. The Kier molecular flexibility index (Phi) is 7.93. The lowest BCUT2D eigenvalue weighted by Crippen LogP contribution is -2.15. The van der Waals surface area contributed by atoms with Gasteiger partial charge in [-0.15, -0.1) is 11.8 Å². The molecule has 0 saturated carbocycles. The number of carbonyl (C=O) groups is 3. The van der Waals surface area contributed by atoms with Crippen LogP contribution in [0.2, 0.25) is 0 Å². The summed E-state index contributed by atoms with van der Waals surface area (Å²) in [4.78, 5) is 36.8. The molecule has 33 heavy (non-hydrogen) atoms. The summed E-state index contributed by atoms with van der Waals surface area (Å²) in [6.45, 7) is 0. The van der Waals surface area contributed by atoms with Crippen molar-refractivity contribution < 1.29 is 29.0 Å². The molecular formula is C24H22N2O6S. The first kappa shape index (κ1) is 23.7. The molecule has 170 valence electrons. The number of carboxylic acids is 1. The fraction of sp³-hybridized carbons (Fsp3) is 0.125. The molecule has 3 aromatic carbocycles. The predicted molar refractivity (Wildman–Crippen MR) is 127 cm³/mol. The van der Waals surface area contributed by atoms with Crippen molar-refractivity contribution in [3.8, 4) is 11.5 Å². The fourth-order valence-corrected chi connectivity index (χ4v) is 3.68. The number of rotatable bonds is 9. The molecule has 0 heterocycles. The summed E-state index contributed by atoms with van der Waals surface area (Å²) < 4.78 is 10.5. The van der Waals surface area contributed by atoms with E-state index in [-0.39, 0.29) is 23.1 Å². The second kappa shape index (κ2) is 11.1. The number of hydrogen-bond donors (Lipinski definition) is 3. The minimum absolute atomic E-state index is 0.101. The van der Waals surface area contributed by atoms with E-state index in [0.717, 1.165) is 4.90 Å². The second-order valence-electron chi connectivity index (χ2n) is 6.74. The molecule has 9 heteroatoms. The number of anilines is 2. The van der Waals surface area contributed by atoms with Crippen LogP contribution in [0.4, 0.5) is 11.4 Å². The topological polar surface area (TPSA) is 114 Å². The molecule has 0 spiro atoms. The van der Waals surface area contributed by atoms with Crippen molar-refractivity contribution in [2.24, 2.45) is 0 Å². The molecule has 0 bridgehead atoms. The zero-order valence-corrected chi connectivity index (χ0v) is 18.8. The lowest BCUT2D eigenvalue weighted by atomic mass is 10.1. The first-order valence-corrected chi connectivity index (χ1v) is 10.8. The summed E-state index contributed by atoms with van der Waals surface area (Å²) in [6, 6.07) is 18.2. The number of hydrogen-bond acceptors (Lipinski definition) is 6. The van der Waals surface area contributed by atoms with Gasteiger partial charge in [0.1, 0.15) is 17.1 Å². The molecule has 0 aliphatic heterocycles. The van der Waals surface area contributed by atoms with Gasteiger partial charge in [-0.1, -0.05) is 12.1 Å². The Bertz CT molecular complexity index is 1140. The number of benzene rings is 3. The first-order valence-electron chi connectivity index (χ1n) is 9.79. The zero-order valence-electron chi connectivity index (χ0n) is 18.0. The second-order valence-corrected chi connectivity index (χ2v) is 7.79. The zero-order chi connectivity index (χ0) is 23.8. The molecule has 0 atom stereocenters. The third kappa shape index (κ3) is 6.27.